The van der Waals surface area contributed by atoms with Gasteiger partial charge in [-0.25, -0.2) is 0 Å². The third kappa shape index (κ3) is 7.18. The van der Waals surface area contributed by atoms with E-state index in [1.165, 1.54) is 10.5 Å². The Hall–Kier alpha value is -2.74. The minimum Gasteiger partial charge on any atom is -0.490 e. The number of ether oxygens (including phenoxy) is 2. The largest absolute Gasteiger partial charge is 0.490 e. The molecule has 0 radical (unpaired) electrons. The van der Waals surface area contributed by atoms with Crippen LogP contribution in [0.15, 0.2) is 76.1 Å². The lowest BCUT2D eigenvalue weighted by atomic mass is 9.87. The van der Waals surface area contributed by atoms with E-state index in [4.69, 9.17) is 21.1 Å². The number of thioether (sulfide) groups is 1. The number of benzene rings is 3. The number of nitrogens with zero attached hydrogens (tertiary/aromatic N) is 1. The summed E-state index contributed by atoms with van der Waals surface area (Å²) >= 11 is 10.4. The predicted molar refractivity (Wildman–Crippen MR) is 153 cm³/mol. The van der Waals surface area contributed by atoms with Crippen molar-refractivity contribution in [3.63, 3.8) is 0 Å². The predicted octanol–water partition coefficient (Wildman–Crippen LogP) is 8.09. The van der Waals surface area contributed by atoms with Crippen LogP contribution < -0.4 is 9.47 Å². The summed E-state index contributed by atoms with van der Waals surface area (Å²) < 4.78 is 12.7. The van der Waals surface area contributed by atoms with Crippen molar-refractivity contribution in [3.05, 3.63) is 97.8 Å². The standard InChI is InChI=1S/C29H27BrClNO4S/c1-29(2,3)21-8-11-24(12-9-21)35-13-14-36-25-17-22(30)10-7-20(25)16-26-27(33)32(28(34)37-26)18-19-5-4-6-23(31)15-19/h4-12,15-17H,13-14,18H2,1-3H3/b26-16-. The first-order valence-electron chi connectivity index (χ1n) is 11.8. The molecule has 1 aliphatic rings. The summed E-state index contributed by atoms with van der Waals surface area (Å²) in [5, 5.41) is 0.240. The van der Waals surface area contributed by atoms with Gasteiger partial charge >= 0.3 is 0 Å². The van der Waals surface area contributed by atoms with Crippen LogP contribution in [0, 0.1) is 0 Å². The quantitative estimate of drug-likeness (QED) is 0.193. The van der Waals surface area contributed by atoms with Crippen molar-refractivity contribution < 1.29 is 19.1 Å². The first-order chi connectivity index (χ1) is 17.6. The van der Waals surface area contributed by atoms with E-state index in [2.05, 4.69) is 48.8 Å². The molecule has 0 spiro atoms. The molecule has 3 aromatic rings. The molecule has 37 heavy (non-hydrogen) atoms. The van der Waals surface area contributed by atoms with Crippen molar-refractivity contribution in [2.24, 2.45) is 0 Å². The van der Waals surface area contributed by atoms with Gasteiger partial charge in [-0.15, -0.1) is 0 Å². The maximum atomic E-state index is 13.0. The number of carbonyl (C=O) groups excluding carboxylic acids is 2. The van der Waals surface area contributed by atoms with Crippen molar-refractivity contribution in [1.82, 2.24) is 4.90 Å². The molecule has 0 saturated carbocycles. The Balaban J connectivity index is 1.40. The zero-order chi connectivity index (χ0) is 26.6. The molecule has 0 unspecified atom stereocenters. The third-order valence-corrected chi connectivity index (χ3v) is 7.33. The van der Waals surface area contributed by atoms with Gasteiger partial charge in [0.05, 0.1) is 11.4 Å². The molecule has 3 aromatic carbocycles. The number of carbonyl (C=O) groups is 2. The average molecular weight is 601 g/mol. The molecular formula is C29H27BrClNO4S. The van der Waals surface area contributed by atoms with Crippen LogP contribution in [0.2, 0.25) is 5.02 Å². The van der Waals surface area contributed by atoms with Gasteiger partial charge in [0.1, 0.15) is 24.7 Å². The third-order valence-electron chi connectivity index (χ3n) is 5.70. The van der Waals surface area contributed by atoms with Crippen molar-refractivity contribution in [2.75, 3.05) is 13.2 Å². The molecule has 1 saturated heterocycles. The molecule has 1 heterocycles. The van der Waals surface area contributed by atoms with E-state index in [9.17, 15) is 9.59 Å². The summed E-state index contributed by atoms with van der Waals surface area (Å²) in [6.45, 7) is 7.36. The van der Waals surface area contributed by atoms with Crippen LogP contribution in [0.25, 0.3) is 6.08 Å². The second-order valence-electron chi connectivity index (χ2n) is 9.55. The number of rotatable bonds is 8. The molecule has 8 heteroatoms. The second-order valence-corrected chi connectivity index (χ2v) is 11.9. The highest BCUT2D eigenvalue weighted by molar-refractivity contribution is 9.10. The highest BCUT2D eigenvalue weighted by atomic mass is 79.9. The minimum absolute atomic E-state index is 0.0865. The number of imide groups is 1. The van der Waals surface area contributed by atoms with E-state index in [0.717, 1.165) is 27.5 Å². The Labute approximate surface area is 234 Å². The van der Waals surface area contributed by atoms with Crippen LogP contribution in [0.4, 0.5) is 4.79 Å². The topological polar surface area (TPSA) is 55.8 Å². The molecule has 5 nitrogen and oxygen atoms in total. The van der Waals surface area contributed by atoms with Crippen molar-refractivity contribution in [2.45, 2.75) is 32.7 Å². The molecule has 0 bridgehead atoms. The van der Waals surface area contributed by atoms with Crippen LogP contribution in [0.3, 0.4) is 0 Å². The van der Waals surface area contributed by atoms with Gasteiger partial charge in [-0.2, -0.15) is 0 Å². The minimum atomic E-state index is -0.342. The summed E-state index contributed by atoms with van der Waals surface area (Å²) in [5.74, 6) is 1.02. The van der Waals surface area contributed by atoms with Crippen LogP contribution in [0.5, 0.6) is 11.5 Å². The van der Waals surface area contributed by atoms with Crippen molar-refractivity contribution in [1.29, 1.82) is 0 Å². The van der Waals surface area contributed by atoms with Gasteiger partial charge in [-0.1, -0.05) is 78.6 Å². The molecule has 4 rings (SSSR count). The molecule has 1 fully saturated rings. The molecule has 0 aliphatic carbocycles. The molecule has 0 N–H and O–H groups in total. The monoisotopic (exact) mass is 599 g/mol. The Bertz CT molecular complexity index is 1330. The Kier molecular flexibility index (Phi) is 8.67. The van der Waals surface area contributed by atoms with Gasteiger partial charge in [-0.3, -0.25) is 14.5 Å². The number of amides is 2. The summed E-state index contributed by atoms with van der Waals surface area (Å²) in [7, 11) is 0. The fourth-order valence-electron chi connectivity index (χ4n) is 3.71. The summed E-state index contributed by atoms with van der Waals surface area (Å²) in [5.41, 5.74) is 2.82. The van der Waals surface area contributed by atoms with Gasteiger partial charge in [0.2, 0.25) is 0 Å². The van der Waals surface area contributed by atoms with E-state index in [1.54, 1.807) is 24.3 Å². The van der Waals surface area contributed by atoms with E-state index in [1.807, 2.05) is 36.4 Å². The van der Waals surface area contributed by atoms with Gasteiger partial charge in [0.25, 0.3) is 11.1 Å². The molecular weight excluding hydrogens is 574 g/mol. The van der Waals surface area contributed by atoms with Gasteiger partial charge in [0.15, 0.2) is 0 Å². The first-order valence-corrected chi connectivity index (χ1v) is 13.7. The number of hydrogen-bond acceptors (Lipinski definition) is 5. The van der Waals surface area contributed by atoms with Gasteiger partial charge in [-0.05, 0) is 70.8 Å². The number of halogens is 2. The Morgan fingerprint density at radius 3 is 2.41 bits per heavy atom. The van der Waals surface area contributed by atoms with Crippen LogP contribution in [-0.2, 0) is 16.8 Å². The van der Waals surface area contributed by atoms with E-state index >= 15 is 0 Å². The molecule has 0 aromatic heterocycles. The maximum absolute atomic E-state index is 13.0. The molecule has 2 amide bonds. The zero-order valence-corrected chi connectivity index (χ0v) is 24.0. The first kappa shape index (κ1) is 27.3. The molecule has 192 valence electrons. The fourth-order valence-corrected chi connectivity index (χ4v) is 5.09. The number of hydrogen-bond donors (Lipinski definition) is 0. The van der Waals surface area contributed by atoms with E-state index in [-0.39, 0.29) is 23.1 Å². The highest BCUT2D eigenvalue weighted by Gasteiger charge is 2.35. The highest BCUT2D eigenvalue weighted by Crippen LogP contribution is 2.36. The Morgan fingerprint density at radius 1 is 0.973 bits per heavy atom. The van der Waals surface area contributed by atoms with Gasteiger partial charge in [0, 0.05) is 15.1 Å². The van der Waals surface area contributed by atoms with E-state index < -0.39 is 0 Å². The lowest BCUT2D eigenvalue weighted by Gasteiger charge is -2.19. The van der Waals surface area contributed by atoms with Crippen LogP contribution in [-0.4, -0.2) is 29.3 Å². The summed E-state index contributed by atoms with van der Waals surface area (Å²) in [6, 6.07) is 20.7. The second kappa shape index (κ2) is 11.8. The normalized spacial score (nSPS) is 14.9. The van der Waals surface area contributed by atoms with Crippen LogP contribution in [0.1, 0.15) is 37.5 Å². The molecule has 0 atom stereocenters. The fraction of sp³-hybridized carbons (Fsp3) is 0.241. The zero-order valence-electron chi connectivity index (χ0n) is 20.8. The van der Waals surface area contributed by atoms with Crippen molar-refractivity contribution in [3.8, 4) is 11.5 Å². The van der Waals surface area contributed by atoms with Crippen molar-refractivity contribution >= 4 is 56.5 Å². The molecule has 1 aliphatic heterocycles. The lowest BCUT2D eigenvalue weighted by Crippen LogP contribution is -2.27. The smallest absolute Gasteiger partial charge is 0.293 e. The Morgan fingerprint density at radius 2 is 1.70 bits per heavy atom. The lowest BCUT2D eigenvalue weighted by molar-refractivity contribution is -0.123. The average Bonchev–Trinajstić information content (AvgIpc) is 3.10. The van der Waals surface area contributed by atoms with E-state index in [0.29, 0.717) is 34.5 Å². The summed E-state index contributed by atoms with van der Waals surface area (Å²) in [4.78, 5) is 27.1. The maximum Gasteiger partial charge on any atom is 0.293 e. The SMILES string of the molecule is CC(C)(C)c1ccc(OCCOc2cc(Br)ccc2/C=C2\SC(=O)N(Cc3cccc(Cl)c3)C2=O)cc1. The van der Waals surface area contributed by atoms with Crippen LogP contribution >= 0.6 is 39.3 Å². The van der Waals surface area contributed by atoms with Gasteiger partial charge < -0.3 is 9.47 Å². The summed E-state index contributed by atoms with van der Waals surface area (Å²) in [6.07, 6.45) is 1.69.